The SMILES string of the molecule is CC(CNCC(O)c1cccc(C(F)(F)F)c1)c1ccc(CS(C)(=O)=O)cc1. The minimum Gasteiger partial charge on any atom is -0.387 e. The van der Waals surface area contributed by atoms with Crippen molar-refractivity contribution in [2.75, 3.05) is 19.3 Å². The van der Waals surface area contributed by atoms with Crippen LogP contribution in [0.15, 0.2) is 48.5 Å². The van der Waals surface area contributed by atoms with Crippen molar-refractivity contribution in [3.63, 3.8) is 0 Å². The molecule has 2 N–H and O–H groups in total. The highest BCUT2D eigenvalue weighted by molar-refractivity contribution is 7.89. The number of halogens is 3. The third-order valence-electron chi connectivity index (χ3n) is 4.36. The van der Waals surface area contributed by atoms with Crippen molar-refractivity contribution < 1.29 is 26.7 Å². The third kappa shape index (κ3) is 6.92. The Bertz CT molecular complexity index is 880. The molecule has 2 aromatic carbocycles. The zero-order valence-electron chi connectivity index (χ0n) is 15.7. The number of aliphatic hydroxyl groups is 1. The van der Waals surface area contributed by atoms with Crippen molar-refractivity contribution in [1.29, 1.82) is 0 Å². The molecule has 2 rings (SSSR count). The molecule has 0 fully saturated rings. The van der Waals surface area contributed by atoms with Gasteiger partial charge in [-0.3, -0.25) is 0 Å². The van der Waals surface area contributed by atoms with Gasteiger partial charge < -0.3 is 10.4 Å². The van der Waals surface area contributed by atoms with E-state index in [1.54, 1.807) is 12.1 Å². The second-order valence-corrected chi connectivity index (χ2v) is 9.15. The molecule has 8 heteroatoms. The average molecular weight is 415 g/mol. The van der Waals surface area contributed by atoms with Crippen molar-refractivity contribution >= 4 is 9.84 Å². The summed E-state index contributed by atoms with van der Waals surface area (Å²) >= 11 is 0. The van der Waals surface area contributed by atoms with Gasteiger partial charge in [-0.15, -0.1) is 0 Å². The second-order valence-electron chi connectivity index (χ2n) is 7.01. The molecule has 4 nitrogen and oxygen atoms in total. The molecule has 2 unspecified atom stereocenters. The van der Waals surface area contributed by atoms with E-state index >= 15 is 0 Å². The van der Waals surface area contributed by atoms with Gasteiger partial charge in [-0.1, -0.05) is 43.3 Å². The van der Waals surface area contributed by atoms with Gasteiger partial charge in [0.2, 0.25) is 0 Å². The summed E-state index contributed by atoms with van der Waals surface area (Å²) in [6.45, 7) is 2.61. The minimum absolute atomic E-state index is 0.0108. The van der Waals surface area contributed by atoms with Gasteiger partial charge in [-0.05, 0) is 34.7 Å². The Morgan fingerprint density at radius 3 is 2.25 bits per heavy atom. The molecule has 0 aliphatic carbocycles. The summed E-state index contributed by atoms with van der Waals surface area (Å²) in [4.78, 5) is 0. The Morgan fingerprint density at radius 1 is 1.04 bits per heavy atom. The summed E-state index contributed by atoms with van der Waals surface area (Å²) in [6.07, 6.45) is -4.31. The largest absolute Gasteiger partial charge is 0.416 e. The number of rotatable bonds is 8. The van der Waals surface area contributed by atoms with Crippen LogP contribution < -0.4 is 5.32 Å². The van der Waals surface area contributed by atoms with Crippen molar-refractivity contribution in [1.82, 2.24) is 5.32 Å². The topological polar surface area (TPSA) is 66.4 Å². The third-order valence-corrected chi connectivity index (χ3v) is 5.22. The molecule has 0 bridgehead atoms. The molecule has 0 aliphatic heterocycles. The van der Waals surface area contributed by atoms with E-state index in [2.05, 4.69) is 5.32 Å². The van der Waals surface area contributed by atoms with E-state index in [1.165, 1.54) is 18.4 Å². The molecule has 28 heavy (non-hydrogen) atoms. The van der Waals surface area contributed by atoms with E-state index in [0.717, 1.165) is 17.7 Å². The van der Waals surface area contributed by atoms with Crippen molar-refractivity contribution in [3.8, 4) is 0 Å². The maximum absolute atomic E-state index is 12.8. The van der Waals surface area contributed by atoms with Crippen LogP contribution in [0.3, 0.4) is 0 Å². The second kappa shape index (κ2) is 9.07. The molecule has 0 aromatic heterocycles. The van der Waals surface area contributed by atoms with Crippen molar-refractivity contribution in [2.45, 2.75) is 30.9 Å². The highest BCUT2D eigenvalue weighted by Gasteiger charge is 2.30. The normalized spacial score (nSPS) is 14.6. The number of alkyl halides is 3. The van der Waals surface area contributed by atoms with Crippen LogP contribution in [-0.2, 0) is 21.8 Å². The minimum atomic E-state index is -4.44. The van der Waals surface area contributed by atoms with Crippen LogP contribution in [-0.4, -0.2) is 32.9 Å². The van der Waals surface area contributed by atoms with Crippen LogP contribution in [0, 0.1) is 0 Å². The summed E-state index contributed by atoms with van der Waals surface area (Å²) in [6, 6.07) is 11.9. The van der Waals surface area contributed by atoms with Crippen LogP contribution >= 0.6 is 0 Å². The smallest absolute Gasteiger partial charge is 0.387 e. The Morgan fingerprint density at radius 2 is 1.68 bits per heavy atom. The van der Waals surface area contributed by atoms with Gasteiger partial charge in [0.05, 0.1) is 17.4 Å². The van der Waals surface area contributed by atoms with E-state index in [4.69, 9.17) is 0 Å². The molecule has 154 valence electrons. The van der Waals surface area contributed by atoms with E-state index in [9.17, 15) is 26.7 Å². The van der Waals surface area contributed by atoms with Gasteiger partial charge >= 0.3 is 6.18 Å². The first-order chi connectivity index (χ1) is 13.0. The van der Waals surface area contributed by atoms with E-state index in [-0.39, 0.29) is 23.8 Å². The molecule has 2 aromatic rings. The Balaban J connectivity index is 1.89. The summed E-state index contributed by atoms with van der Waals surface area (Å²) in [7, 11) is -3.08. The lowest BCUT2D eigenvalue weighted by Gasteiger charge is -2.17. The standard InChI is InChI=1S/C20H24F3NO3S/c1-14(16-8-6-15(7-9-16)13-28(2,26)27)11-24-12-19(25)17-4-3-5-18(10-17)20(21,22)23/h3-10,14,19,24-25H,11-13H2,1-2H3. The first kappa shape index (κ1) is 22.4. The molecule has 0 radical (unpaired) electrons. The van der Waals surface area contributed by atoms with Crippen LogP contribution in [0.25, 0.3) is 0 Å². The van der Waals surface area contributed by atoms with Crippen molar-refractivity contribution in [3.05, 3.63) is 70.8 Å². The Kier molecular flexibility index (Phi) is 7.25. The molecule has 0 aliphatic rings. The fraction of sp³-hybridized carbons (Fsp3) is 0.400. The quantitative estimate of drug-likeness (QED) is 0.690. The first-order valence-electron chi connectivity index (χ1n) is 8.78. The average Bonchev–Trinajstić information content (AvgIpc) is 2.60. The van der Waals surface area contributed by atoms with Gasteiger partial charge in [-0.2, -0.15) is 13.2 Å². The van der Waals surface area contributed by atoms with Gasteiger partial charge in [0.25, 0.3) is 0 Å². The highest BCUT2D eigenvalue weighted by Crippen LogP contribution is 2.30. The molecule has 0 amide bonds. The predicted octanol–water partition coefficient (Wildman–Crippen LogP) is 3.68. The number of hydrogen-bond acceptors (Lipinski definition) is 4. The highest BCUT2D eigenvalue weighted by atomic mass is 32.2. The zero-order valence-corrected chi connectivity index (χ0v) is 16.5. The Labute approximate surface area is 163 Å². The maximum atomic E-state index is 12.8. The fourth-order valence-electron chi connectivity index (χ4n) is 2.84. The summed E-state index contributed by atoms with van der Waals surface area (Å²) in [5, 5.41) is 13.2. The van der Waals surface area contributed by atoms with Gasteiger partial charge in [-0.25, -0.2) is 8.42 Å². The summed E-state index contributed by atoms with van der Waals surface area (Å²) in [5.74, 6) is 0.0734. The number of benzene rings is 2. The lowest BCUT2D eigenvalue weighted by atomic mass is 10.00. The van der Waals surface area contributed by atoms with Gasteiger partial charge in [0.15, 0.2) is 9.84 Å². The molecular weight excluding hydrogens is 391 g/mol. The van der Waals surface area contributed by atoms with E-state index in [0.29, 0.717) is 12.1 Å². The van der Waals surface area contributed by atoms with Crippen LogP contribution in [0.4, 0.5) is 13.2 Å². The number of hydrogen-bond donors (Lipinski definition) is 2. The zero-order chi connectivity index (χ0) is 20.9. The molecule has 0 saturated carbocycles. The van der Waals surface area contributed by atoms with Crippen LogP contribution in [0.5, 0.6) is 0 Å². The molecule has 0 spiro atoms. The summed E-state index contributed by atoms with van der Waals surface area (Å²) < 4.78 is 60.9. The van der Waals surface area contributed by atoms with Crippen LogP contribution in [0.2, 0.25) is 0 Å². The van der Waals surface area contributed by atoms with Gasteiger partial charge in [0.1, 0.15) is 0 Å². The summed E-state index contributed by atoms with van der Waals surface area (Å²) in [5.41, 5.74) is 1.14. The first-order valence-corrected chi connectivity index (χ1v) is 10.8. The van der Waals surface area contributed by atoms with Gasteiger partial charge in [0, 0.05) is 19.3 Å². The lowest BCUT2D eigenvalue weighted by Crippen LogP contribution is -2.25. The molecule has 0 saturated heterocycles. The van der Waals surface area contributed by atoms with E-state index in [1.807, 2.05) is 19.1 Å². The number of sulfone groups is 1. The number of aliphatic hydroxyl groups excluding tert-OH is 1. The monoisotopic (exact) mass is 415 g/mol. The number of nitrogens with one attached hydrogen (secondary N) is 1. The van der Waals surface area contributed by atoms with Crippen LogP contribution in [0.1, 0.15) is 41.2 Å². The molecular formula is C20H24F3NO3S. The molecule has 0 heterocycles. The fourth-order valence-corrected chi connectivity index (χ4v) is 3.64. The maximum Gasteiger partial charge on any atom is 0.416 e. The van der Waals surface area contributed by atoms with E-state index < -0.39 is 27.7 Å². The Hall–Kier alpha value is -1.90. The molecule has 2 atom stereocenters. The van der Waals surface area contributed by atoms with Crippen molar-refractivity contribution in [2.24, 2.45) is 0 Å². The lowest BCUT2D eigenvalue weighted by molar-refractivity contribution is -0.137. The predicted molar refractivity (Wildman–Crippen MR) is 103 cm³/mol.